The fraction of sp³-hybridized carbons (Fsp3) is 0.250. The van der Waals surface area contributed by atoms with Crippen LogP contribution >= 0.6 is 11.3 Å². The Hall–Kier alpha value is -2.21. The second-order valence-electron chi connectivity index (χ2n) is 5.28. The maximum atomic E-state index is 13.3. The summed E-state index contributed by atoms with van der Waals surface area (Å²) in [6, 6.07) is 7.86. The lowest BCUT2D eigenvalue weighted by Crippen LogP contribution is -2.36. The van der Waals surface area contributed by atoms with E-state index in [1.54, 1.807) is 17.4 Å². The molecule has 22 heavy (non-hydrogen) atoms. The molecule has 0 radical (unpaired) electrons. The Morgan fingerprint density at radius 2 is 2.27 bits per heavy atom. The molecule has 2 N–H and O–H groups in total. The number of nitrogens with one attached hydrogen (secondary N) is 2. The summed E-state index contributed by atoms with van der Waals surface area (Å²) in [7, 11) is 0. The number of fused-ring (bicyclic) bond motifs is 1. The summed E-state index contributed by atoms with van der Waals surface area (Å²) >= 11 is 1.56. The SMILES string of the molecule is C[C@H](NC(=O)[C@H]1CC(=O)Nc2cc(F)ccc21)c1cccs1. The smallest absolute Gasteiger partial charge is 0.228 e. The molecule has 1 aromatic heterocycles. The van der Waals surface area contributed by atoms with E-state index in [0.717, 1.165) is 4.88 Å². The predicted molar refractivity (Wildman–Crippen MR) is 83.3 cm³/mol. The van der Waals surface area contributed by atoms with Gasteiger partial charge in [-0.05, 0) is 36.1 Å². The third-order valence-corrected chi connectivity index (χ3v) is 4.75. The van der Waals surface area contributed by atoms with E-state index in [9.17, 15) is 14.0 Å². The molecule has 0 fully saturated rings. The van der Waals surface area contributed by atoms with E-state index in [1.807, 2.05) is 24.4 Å². The quantitative estimate of drug-likeness (QED) is 0.913. The van der Waals surface area contributed by atoms with Crippen LogP contribution in [-0.2, 0) is 9.59 Å². The van der Waals surface area contributed by atoms with Gasteiger partial charge in [-0.1, -0.05) is 12.1 Å². The van der Waals surface area contributed by atoms with Gasteiger partial charge >= 0.3 is 0 Å². The molecule has 0 unspecified atom stereocenters. The molecule has 0 saturated heterocycles. The maximum Gasteiger partial charge on any atom is 0.228 e. The summed E-state index contributed by atoms with van der Waals surface area (Å²) in [5.74, 6) is -1.52. The minimum atomic E-state index is -0.591. The van der Waals surface area contributed by atoms with Gasteiger partial charge in [-0.3, -0.25) is 9.59 Å². The largest absolute Gasteiger partial charge is 0.348 e. The number of carbonyl (C=O) groups excluding carboxylic acids is 2. The first-order chi connectivity index (χ1) is 10.5. The first-order valence-corrected chi connectivity index (χ1v) is 7.85. The van der Waals surface area contributed by atoms with Crippen LogP contribution in [0, 0.1) is 5.82 Å². The van der Waals surface area contributed by atoms with Crippen LogP contribution in [0.2, 0.25) is 0 Å². The molecule has 2 atom stereocenters. The van der Waals surface area contributed by atoms with Gasteiger partial charge in [0.25, 0.3) is 0 Å². The van der Waals surface area contributed by atoms with Crippen LogP contribution in [0.15, 0.2) is 35.7 Å². The highest BCUT2D eigenvalue weighted by atomic mass is 32.1. The molecule has 2 amide bonds. The van der Waals surface area contributed by atoms with Crippen molar-refractivity contribution in [3.63, 3.8) is 0 Å². The lowest BCUT2D eigenvalue weighted by molar-refractivity contribution is -0.126. The highest BCUT2D eigenvalue weighted by molar-refractivity contribution is 7.10. The number of halogens is 1. The Morgan fingerprint density at radius 1 is 1.45 bits per heavy atom. The average molecular weight is 318 g/mol. The van der Waals surface area contributed by atoms with Gasteiger partial charge in [-0.15, -0.1) is 11.3 Å². The Kier molecular flexibility index (Phi) is 3.94. The zero-order chi connectivity index (χ0) is 15.7. The van der Waals surface area contributed by atoms with Gasteiger partial charge in [0.05, 0.1) is 12.0 Å². The highest BCUT2D eigenvalue weighted by Crippen LogP contribution is 2.33. The third kappa shape index (κ3) is 2.87. The molecule has 1 aromatic carbocycles. The number of rotatable bonds is 3. The van der Waals surface area contributed by atoms with Gasteiger partial charge in [0.2, 0.25) is 11.8 Å². The monoisotopic (exact) mass is 318 g/mol. The van der Waals surface area contributed by atoms with Crippen molar-refractivity contribution in [2.45, 2.75) is 25.3 Å². The number of hydrogen-bond acceptors (Lipinski definition) is 3. The Bertz CT molecular complexity index is 715. The van der Waals surface area contributed by atoms with Crippen molar-refractivity contribution >= 4 is 28.8 Å². The molecule has 0 bridgehead atoms. The lowest BCUT2D eigenvalue weighted by Gasteiger charge is -2.26. The molecule has 114 valence electrons. The Morgan fingerprint density at radius 3 is 3.00 bits per heavy atom. The van der Waals surface area contributed by atoms with E-state index >= 15 is 0 Å². The molecule has 0 saturated carbocycles. The van der Waals surface area contributed by atoms with Crippen LogP contribution < -0.4 is 10.6 Å². The van der Waals surface area contributed by atoms with Crippen LogP contribution in [0.5, 0.6) is 0 Å². The third-order valence-electron chi connectivity index (χ3n) is 3.70. The highest BCUT2D eigenvalue weighted by Gasteiger charge is 2.31. The molecule has 0 spiro atoms. The standard InChI is InChI=1S/C16H15FN2O2S/c1-9(14-3-2-6-22-14)18-16(21)12-8-15(20)19-13-7-10(17)4-5-11(12)13/h2-7,9,12H,8H2,1H3,(H,18,21)(H,19,20)/t9-,12-/m0/s1. The molecular formula is C16H15FN2O2S. The average Bonchev–Trinajstić information content (AvgIpc) is 3.00. The van der Waals surface area contributed by atoms with Crippen molar-refractivity contribution < 1.29 is 14.0 Å². The Labute approximate surface area is 131 Å². The second kappa shape index (κ2) is 5.88. The van der Waals surface area contributed by atoms with E-state index in [0.29, 0.717) is 11.3 Å². The number of amides is 2. The molecule has 2 aromatic rings. The van der Waals surface area contributed by atoms with Gasteiger partial charge in [0.15, 0.2) is 0 Å². The molecule has 2 heterocycles. The summed E-state index contributed by atoms with van der Waals surface area (Å²) in [6.45, 7) is 1.90. The predicted octanol–water partition coefficient (Wildman–Crippen LogP) is 3.19. The number of hydrogen-bond donors (Lipinski definition) is 2. The zero-order valence-corrected chi connectivity index (χ0v) is 12.7. The first kappa shape index (κ1) is 14.7. The van der Waals surface area contributed by atoms with Gasteiger partial charge in [0, 0.05) is 17.0 Å². The van der Waals surface area contributed by atoms with Gasteiger partial charge in [-0.25, -0.2) is 4.39 Å². The lowest BCUT2D eigenvalue weighted by atomic mass is 9.89. The molecule has 0 aliphatic carbocycles. The Balaban J connectivity index is 1.82. The number of anilines is 1. The van der Waals surface area contributed by atoms with Crippen LogP contribution in [0.3, 0.4) is 0 Å². The summed E-state index contributed by atoms with van der Waals surface area (Å²) in [5, 5.41) is 7.48. The minimum absolute atomic E-state index is 0.0711. The van der Waals surface area contributed by atoms with E-state index in [4.69, 9.17) is 0 Å². The second-order valence-corrected chi connectivity index (χ2v) is 6.26. The molecule has 1 aliphatic rings. The van der Waals surface area contributed by atoms with Crippen molar-refractivity contribution in [2.75, 3.05) is 5.32 Å². The van der Waals surface area contributed by atoms with Crippen molar-refractivity contribution in [3.8, 4) is 0 Å². The number of benzene rings is 1. The fourth-order valence-corrected chi connectivity index (χ4v) is 3.33. The van der Waals surface area contributed by atoms with E-state index < -0.39 is 11.7 Å². The number of thiophene rings is 1. The normalized spacial score (nSPS) is 18.3. The van der Waals surface area contributed by atoms with Crippen molar-refractivity contribution in [1.82, 2.24) is 5.32 Å². The summed E-state index contributed by atoms with van der Waals surface area (Å²) < 4.78 is 13.3. The van der Waals surface area contributed by atoms with Crippen molar-refractivity contribution in [3.05, 3.63) is 52.0 Å². The molecular weight excluding hydrogens is 303 g/mol. The van der Waals surface area contributed by atoms with Gasteiger partial charge in [0.1, 0.15) is 5.82 Å². The van der Waals surface area contributed by atoms with Crippen LogP contribution in [-0.4, -0.2) is 11.8 Å². The fourth-order valence-electron chi connectivity index (χ4n) is 2.59. The van der Waals surface area contributed by atoms with Crippen molar-refractivity contribution in [1.29, 1.82) is 0 Å². The first-order valence-electron chi connectivity index (χ1n) is 6.97. The summed E-state index contributed by atoms with van der Waals surface area (Å²) in [5.41, 5.74) is 1.03. The minimum Gasteiger partial charge on any atom is -0.348 e. The van der Waals surface area contributed by atoms with E-state index in [-0.39, 0.29) is 24.3 Å². The topological polar surface area (TPSA) is 58.2 Å². The molecule has 3 rings (SSSR count). The summed E-state index contributed by atoms with van der Waals surface area (Å²) in [4.78, 5) is 25.3. The zero-order valence-electron chi connectivity index (χ0n) is 11.9. The molecule has 4 nitrogen and oxygen atoms in total. The van der Waals surface area contributed by atoms with Crippen LogP contribution in [0.25, 0.3) is 0 Å². The van der Waals surface area contributed by atoms with Crippen LogP contribution in [0.1, 0.15) is 35.7 Å². The number of carbonyl (C=O) groups is 2. The van der Waals surface area contributed by atoms with E-state index in [1.165, 1.54) is 12.1 Å². The summed E-state index contributed by atoms with van der Waals surface area (Å²) in [6.07, 6.45) is 0.0711. The van der Waals surface area contributed by atoms with Crippen LogP contribution in [0.4, 0.5) is 10.1 Å². The molecule has 6 heteroatoms. The molecule has 1 aliphatic heterocycles. The van der Waals surface area contributed by atoms with Gasteiger partial charge in [-0.2, -0.15) is 0 Å². The van der Waals surface area contributed by atoms with E-state index in [2.05, 4.69) is 10.6 Å². The van der Waals surface area contributed by atoms with Crippen molar-refractivity contribution in [2.24, 2.45) is 0 Å². The maximum absolute atomic E-state index is 13.3. The van der Waals surface area contributed by atoms with Gasteiger partial charge < -0.3 is 10.6 Å².